The fraction of sp³-hybridized carbons (Fsp3) is 0.259. The van der Waals surface area contributed by atoms with Crippen molar-refractivity contribution in [1.82, 2.24) is 14.9 Å². The van der Waals surface area contributed by atoms with Gasteiger partial charge in [0, 0.05) is 38.6 Å². The molecule has 0 radical (unpaired) electrons. The molecule has 2 amide bonds. The summed E-state index contributed by atoms with van der Waals surface area (Å²) < 4.78 is 0. The summed E-state index contributed by atoms with van der Waals surface area (Å²) in [5.74, 6) is 0.144. The molecule has 1 fully saturated rings. The lowest BCUT2D eigenvalue weighted by atomic mass is 10.0. The highest BCUT2D eigenvalue weighted by molar-refractivity contribution is 6.45. The molecule has 2 aromatic carbocycles. The van der Waals surface area contributed by atoms with E-state index in [1.807, 2.05) is 68.1 Å². The first-order valence-electron chi connectivity index (χ1n) is 11.5. The summed E-state index contributed by atoms with van der Waals surface area (Å²) in [4.78, 5) is 41.8. The number of imide groups is 1. The van der Waals surface area contributed by atoms with Crippen LogP contribution in [0, 0.1) is 20.8 Å². The molecule has 0 spiro atoms. The van der Waals surface area contributed by atoms with Gasteiger partial charge in [-0.25, -0.2) is 14.9 Å². The van der Waals surface area contributed by atoms with Gasteiger partial charge in [-0.05, 0) is 49.6 Å². The van der Waals surface area contributed by atoms with Crippen LogP contribution >= 0.6 is 0 Å². The highest BCUT2D eigenvalue weighted by Crippen LogP contribution is 2.37. The van der Waals surface area contributed by atoms with Crippen molar-refractivity contribution in [2.45, 2.75) is 20.8 Å². The average Bonchev–Trinajstić information content (AvgIpc) is 3.12. The zero-order chi connectivity index (χ0) is 23.8. The van der Waals surface area contributed by atoms with Crippen molar-refractivity contribution in [3.8, 4) is 0 Å². The Hall–Kier alpha value is -4.00. The van der Waals surface area contributed by atoms with Crippen molar-refractivity contribution in [1.29, 1.82) is 0 Å². The van der Waals surface area contributed by atoms with Gasteiger partial charge in [-0.15, -0.1) is 0 Å². The second kappa shape index (κ2) is 8.74. The molecule has 3 heterocycles. The van der Waals surface area contributed by atoms with Gasteiger partial charge in [0.15, 0.2) is 0 Å². The number of anilines is 2. The molecule has 5 rings (SSSR count). The van der Waals surface area contributed by atoms with Crippen molar-refractivity contribution in [2.24, 2.45) is 0 Å². The topological polar surface area (TPSA) is 69.6 Å². The van der Waals surface area contributed by atoms with Crippen LogP contribution in [-0.2, 0) is 9.59 Å². The lowest BCUT2D eigenvalue weighted by molar-refractivity contribution is -0.120. The zero-order valence-corrected chi connectivity index (χ0v) is 19.7. The summed E-state index contributed by atoms with van der Waals surface area (Å²) in [6, 6.07) is 15.3. The molecule has 34 heavy (non-hydrogen) atoms. The zero-order valence-electron chi connectivity index (χ0n) is 19.7. The van der Waals surface area contributed by atoms with Crippen molar-refractivity contribution in [3.05, 3.63) is 88.9 Å². The minimum Gasteiger partial charge on any atom is -0.363 e. The van der Waals surface area contributed by atoms with Crippen LogP contribution in [-0.4, -0.2) is 52.9 Å². The van der Waals surface area contributed by atoms with Gasteiger partial charge in [0.25, 0.3) is 11.8 Å². The molecule has 7 heteroatoms. The summed E-state index contributed by atoms with van der Waals surface area (Å²) in [6.45, 7) is 8.48. The number of rotatable bonds is 4. The Balaban J connectivity index is 1.53. The van der Waals surface area contributed by atoms with Crippen LogP contribution in [0.4, 0.5) is 11.6 Å². The molecule has 0 bridgehead atoms. The third-order valence-corrected chi connectivity index (χ3v) is 6.65. The van der Waals surface area contributed by atoms with E-state index < -0.39 is 0 Å². The van der Waals surface area contributed by atoms with E-state index in [1.165, 1.54) is 4.90 Å². The third-order valence-electron chi connectivity index (χ3n) is 6.65. The number of aromatic nitrogens is 2. The summed E-state index contributed by atoms with van der Waals surface area (Å²) >= 11 is 0. The number of piperazine rings is 1. The lowest BCUT2D eigenvalue weighted by Gasteiger charge is -2.36. The number of hydrogen-bond acceptors (Lipinski definition) is 6. The molecule has 7 nitrogen and oxygen atoms in total. The maximum atomic E-state index is 13.8. The number of carbonyl (C=O) groups is 2. The minimum absolute atomic E-state index is 0.265. The summed E-state index contributed by atoms with van der Waals surface area (Å²) in [5, 5.41) is 0. The molecule has 0 aliphatic carbocycles. The van der Waals surface area contributed by atoms with Crippen LogP contribution in [0.5, 0.6) is 0 Å². The van der Waals surface area contributed by atoms with Crippen LogP contribution in [0.3, 0.4) is 0 Å². The molecule has 1 aromatic heterocycles. The fourth-order valence-corrected chi connectivity index (χ4v) is 4.57. The standard InChI is InChI=1S/C27H27N5O2/c1-18-8-10-21(11-9-18)23-24(30-14-16-31(17-15-30)27-28-12-5-13-29-27)26(34)32(25(23)33)22-7-4-6-19(2)20(22)3/h4-13H,14-17H2,1-3H3. The molecule has 3 aromatic rings. The number of aryl methyl sites for hydroxylation is 2. The normalized spacial score (nSPS) is 16.6. The average molecular weight is 454 g/mol. The number of carbonyl (C=O) groups excluding carboxylic acids is 2. The number of nitrogens with zero attached hydrogens (tertiary/aromatic N) is 5. The number of hydrogen-bond donors (Lipinski definition) is 0. The SMILES string of the molecule is Cc1ccc(C2=C(N3CCN(c4ncccn4)CC3)C(=O)N(c3cccc(C)c3C)C2=O)cc1. The van der Waals surface area contributed by atoms with E-state index >= 15 is 0 Å². The van der Waals surface area contributed by atoms with Crippen LogP contribution in [0.25, 0.3) is 5.57 Å². The first-order chi connectivity index (χ1) is 16.5. The number of benzene rings is 2. The van der Waals surface area contributed by atoms with E-state index in [9.17, 15) is 9.59 Å². The molecule has 2 aliphatic heterocycles. The van der Waals surface area contributed by atoms with Crippen molar-refractivity contribution in [2.75, 3.05) is 36.0 Å². The van der Waals surface area contributed by atoms with Crippen molar-refractivity contribution in [3.63, 3.8) is 0 Å². The van der Waals surface area contributed by atoms with E-state index in [0.29, 0.717) is 49.1 Å². The predicted octanol–water partition coefficient (Wildman–Crippen LogP) is 3.51. The summed E-state index contributed by atoms with van der Waals surface area (Å²) in [7, 11) is 0. The number of amides is 2. The Bertz CT molecular complexity index is 1280. The van der Waals surface area contributed by atoms with Crippen LogP contribution in [0.2, 0.25) is 0 Å². The fourth-order valence-electron chi connectivity index (χ4n) is 4.57. The third kappa shape index (κ3) is 3.73. The van der Waals surface area contributed by atoms with Gasteiger partial charge in [-0.3, -0.25) is 9.59 Å². The summed E-state index contributed by atoms with van der Waals surface area (Å²) in [6.07, 6.45) is 3.46. The molecular formula is C27H27N5O2. The molecular weight excluding hydrogens is 426 g/mol. The van der Waals surface area contributed by atoms with Gasteiger partial charge in [0.05, 0.1) is 11.3 Å². The molecule has 0 unspecified atom stereocenters. The first kappa shape index (κ1) is 21.8. The Morgan fingerprint density at radius 1 is 0.735 bits per heavy atom. The van der Waals surface area contributed by atoms with E-state index in [0.717, 1.165) is 22.3 Å². The maximum absolute atomic E-state index is 13.8. The summed E-state index contributed by atoms with van der Waals surface area (Å²) in [5.41, 5.74) is 5.43. The van der Waals surface area contributed by atoms with E-state index in [-0.39, 0.29) is 11.8 Å². The van der Waals surface area contributed by atoms with Gasteiger partial charge >= 0.3 is 0 Å². The smallest absolute Gasteiger partial charge is 0.282 e. The van der Waals surface area contributed by atoms with E-state index in [4.69, 9.17) is 0 Å². The van der Waals surface area contributed by atoms with Gasteiger partial charge in [-0.2, -0.15) is 0 Å². The molecule has 0 N–H and O–H groups in total. The highest BCUT2D eigenvalue weighted by atomic mass is 16.2. The quantitative estimate of drug-likeness (QED) is 0.563. The van der Waals surface area contributed by atoms with Crippen molar-refractivity contribution >= 4 is 29.0 Å². The second-order valence-electron chi connectivity index (χ2n) is 8.78. The Labute approximate surface area is 199 Å². The maximum Gasteiger partial charge on any atom is 0.282 e. The van der Waals surface area contributed by atoms with Gasteiger partial charge in [0.1, 0.15) is 5.70 Å². The van der Waals surface area contributed by atoms with Gasteiger partial charge in [-0.1, -0.05) is 42.0 Å². The van der Waals surface area contributed by atoms with E-state index in [2.05, 4.69) is 14.9 Å². The molecule has 2 aliphatic rings. The Kier molecular flexibility index (Phi) is 5.61. The molecule has 0 saturated carbocycles. The first-order valence-corrected chi connectivity index (χ1v) is 11.5. The Morgan fingerprint density at radius 3 is 2.06 bits per heavy atom. The largest absolute Gasteiger partial charge is 0.363 e. The lowest BCUT2D eigenvalue weighted by Crippen LogP contribution is -2.48. The van der Waals surface area contributed by atoms with Gasteiger partial charge < -0.3 is 9.80 Å². The second-order valence-corrected chi connectivity index (χ2v) is 8.78. The Morgan fingerprint density at radius 2 is 1.38 bits per heavy atom. The molecule has 1 saturated heterocycles. The van der Waals surface area contributed by atoms with Crippen LogP contribution in [0.15, 0.2) is 66.6 Å². The van der Waals surface area contributed by atoms with Crippen LogP contribution in [0.1, 0.15) is 22.3 Å². The molecule has 172 valence electrons. The van der Waals surface area contributed by atoms with Crippen LogP contribution < -0.4 is 9.80 Å². The predicted molar refractivity (Wildman–Crippen MR) is 132 cm³/mol. The van der Waals surface area contributed by atoms with Gasteiger partial charge in [0.2, 0.25) is 5.95 Å². The van der Waals surface area contributed by atoms with Crippen molar-refractivity contribution < 1.29 is 9.59 Å². The van der Waals surface area contributed by atoms with E-state index in [1.54, 1.807) is 18.5 Å². The minimum atomic E-state index is -0.272. The highest BCUT2D eigenvalue weighted by Gasteiger charge is 2.43. The monoisotopic (exact) mass is 453 g/mol. The molecule has 0 atom stereocenters.